The van der Waals surface area contributed by atoms with Crippen LogP contribution in [0.15, 0.2) is 18.2 Å². The molecule has 0 aliphatic rings. The van der Waals surface area contributed by atoms with Crippen molar-refractivity contribution in [1.29, 1.82) is 0 Å². The summed E-state index contributed by atoms with van der Waals surface area (Å²) < 4.78 is 5.21. The molecule has 0 aliphatic heterocycles. The van der Waals surface area contributed by atoms with Crippen LogP contribution in [-0.2, 0) is 4.74 Å². The molecule has 1 aromatic rings. The predicted octanol–water partition coefficient (Wildman–Crippen LogP) is 9.08. The first-order valence-corrected chi connectivity index (χ1v) is 13.8. The third kappa shape index (κ3) is 16.5. The molecule has 190 valence electrons. The summed E-state index contributed by atoms with van der Waals surface area (Å²) in [7, 11) is 0. The van der Waals surface area contributed by atoms with Crippen LogP contribution in [0.1, 0.15) is 146 Å². The molecule has 0 spiro atoms. The van der Waals surface area contributed by atoms with E-state index in [1.807, 2.05) is 0 Å². The maximum atomic E-state index is 11.9. The zero-order valence-electron chi connectivity index (χ0n) is 21.3. The van der Waals surface area contributed by atoms with Crippen molar-refractivity contribution in [3.8, 4) is 11.5 Å². The SMILES string of the molecule is CCCCCCCCCCCCCCCCCCCCCCOC(=O)c1ccc(O)cc1O. The zero-order valence-corrected chi connectivity index (χ0v) is 21.3. The summed E-state index contributed by atoms with van der Waals surface area (Å²) in [6.07, 6.45) is 26.8. The molecule has 0 unspecified atom stereocenters. The van der Waals surface area contributed by atoms with Crippen molar-refractivity contribution in [3.63, 3.8) is 0 Å². The molecule has 33 heavy (non-hydrogen) atoms. The summed E-state index contributed by atoms with van der Waals surface area (Å²) in [6, 6.07) is 3.90. The topological polar surface area (TPSA) is 66.8 Å². The van der Waals surface area contributed by atoms with Gasteiger partial charge in [-0.05, 0) is 18.6 Å². The lowest BCUT2D eigenvalue weighted by Crippen LogP contribution is -2.06. The van der Waals surface area contributed by atoms with Crippen LogP contribution in [0, 0.1) is 0 Å². The van der Waals surface area contributed by atoms with Crippen LogP contribution in [0.5, 0.6) is 11.5 Å². The summed E-state index contributed by atoms with van der Waals surface area (Å²) in [5, 5.41) is 18.9. The standard InChI is InChI=1S/C29H50O4/c1-2-3-4-5-6-7-8-9-10-11-12-13-14-15-16-17-18-19-20-21-24-33-29(32)27-23-22-26(30)25-28(27)31/h22-23,25,30-31H,2-21,24H2,1H3. The van der Waals surface area contributed by atoms with Crippen molar-refractivity contribution in [2.24, 2.45) is 0 Å². The number of hydrogen-bond acceptors (Lipinski definition) is 4. The quantitative estimate of drug-likeness (QED) is 0.133. The minimum absolute atomic E-state index is 0.0712. The number of esters is 1. The highest BCUT2D eigenvalue weighted by Gasteiger charge is 2.12. The van der Waals surface area contributed by atoms with Gasteiger partial charge in [-0.25, -0.2) is 4.79 Å². The lowest BCUT2D eigenvalue weighted by atomic mass is 10.0. The zero-order chi connectivity index (χ0) is 24.0. The van der Waals surface area contributed by atoms with E-state index in [-0.39, 0.29) is 17.1 Å². The van der Waals surface area contributed by atoms with Crippen LogP contribution in [0.2, 0.25) is 0 Å². The summed E-state index contributed by atoms with van der Waals surface area (Å²) in [5.41, 5.74) is 0.0981. The molecule has 0 aliphatic carbocycles. The monoisotopic (exact) mass is 462 g/mol. The van der Waals surface area contributed by atoms with Crippen molar-refractivity contribution >= 4 is 5.97 Å². The summed E-state index contributed by atoms with van der Waals surface area (Å²) in [6.45, 7) is 2.65. The highest BCUT2D eigenvalue weighted by molar-refractivity contribution is 5.92. The molecule has 4 heteroatoms. The number of phenols is 2. The lowest BCUT2D eigenvalue weighted by Gasteiger charge is -2.07. The maximum Gasteiger partial charge on any atom is 0.341 e. The Morgan fingerprint density at radius 2 is 1.03 bits per heavy atom. The molecule has 0 radical (unpaired) electrons. The van der Waals surface area contributed by atoms with E-state index in [4.69, 9.17) is 4.74 Å². The van der Waals surface area contributed by atoms with Gasteiger partial charge in [-0.2, -0.15) is 0 Å². The fraction of sp³-hybridized carbons (Fsp3) is 0.759. The fourth-order valence-corrected chi connectivity index (χ4v) is 4.29. The molecular formula is C29H50O4. The van der Waals surface area contributed by atoms with E-state index in [0.29, 0.717) is 6.61 Å². The summed E-state index contributed by atoms with van der Waals surface area (Å²) in [4.78, 5) is 11.9. The van der Waals surface area contributed by atoms with Gasteiger partial charge in [-0.3, -0.25) is 0 Å². The molecule has 4 nitrogen and oxygen atoms in total. The highest BCUT2D eigenvalue weighted by atomic mass is 16.5. The van der Waals surface area contributed by atoms with Crippen molar-refractivity contribution in [1.82, 2.24) is 0 Å². The van der Waals surface area contributed by atoms with Gasteiger partial charge >= 0.3 is 5.97 Å². The van der Waals surface area contributed by atoms with E-state index in [1.54, 1.807) is 0 Å². The van der Waals surface area contributed by atoms with Gasteiger partial charge in [0.1, 0.15) is 17.1 Å². The van der Waals surface area contributed by atoms with E-state index in [0.717, 1.165) is 18.9 Å². The van der Waals surface area contributed by atoms with Gasteiger partial charge in [0.15, 0.2) is 0 Å². The van der Waals surface area contributed by atoms with Gasteiger partial charge in [0.25, 0.3) is 0 Å². The second kappa shape index (κ2) is 20.9. The molecule has 2 N–H and O–H groups in total. The largest absolute Gasteiger partial charge is 0.508 e. The molecular weight excluding hydrogens is 412 g/mol. The van der Waals surface area contributed by atoms with Crippen LogP contribution in [0.3, 0.4) is 0 Å². The van der Waals surface area contributed by atoms with E-state index in [2.05, 4.69) is 6.92 Å². The van der Waals surface area contributed by atoms with Crippen molar-refractivity contribution in [2.75, 3.05) is 6.61 Å². The van der Waals surface area contributed by atoms with E-state index < -0.39 is 5.97 Å². The molecule has 1 aromatic carbocycles. The van der Waals surface area contributed by atoms with Gasteiger partial charge < -0.3 is 14.9 Å². The van der Waals surface area contributed by atoms with Crippen LogP contribution in [0.4, 0.5) is 0 Å². The average Bonchev–Trinajstić information content (AvgIpc) is 2.80. The van der Waals surface area contributed by atoms with Crippen LogP contribution >= 0.6 is 0 Å². The van der Waals surface area contributed by atoms with Gasteiger partial charge in [-0.1, -0.05) is 129 Å². The van der Waals surface area contributed by atoms with Crippen molar-refractivity contribution < 1.29 is 19.7 Å². The number of benzene rings is 1. The number of carbonyl (C=O) groups excluding carboxylic acids is 1. The molecule has 0 saturated carbocycles. The smallest absolute Gasteiger partial charge is 0.341 e. The molecule has 1 rings (SSSR count). The Hall–Kier alpha value is -1.71. The van der Waals surface area contributed by atoms with Crippen LogP contribution in [0.25, 0.3) is 0 Å². The predicted molar refractivity (Wildman–Crippen MR) is 138 cm³/mol. The van der Waals surface area contributed by atoms with Crippen LogP contribution in [-0.4, -0.2) is 22.8 Å². The first kappa shape index (κ1) is 29.3. The van der Waals surface area contributed by atoms with E-state index in [9.17, 15) is 15.0 Å². The molecule has 0 bridgehead atoms. The van der Waals surface area contributed by atoms with Gasteiger partial charge in [0.2, 0.25) is 0 Å². The number of phenolic OH excluding ortho intramolecular Hbond substituents is 2. The maximum absolute atomic E-state index is 11.9. The Morgan fingerprint density at radius 1 is 0.636 bits per heavy atom. The van der Waals surface area contributed by atoms with E-state index in [1.165, 1.54) is 128 Å². The van der Waals surface area contributed by atoms with Gasteiger partial charge in [0, 0.05) is 6.07 Å². The average molecular weight is 463 g/mol. The Morgan fingerprint density at radius 3 is 1.42 bits per heavy atom. The van der Waals surface area contributed by atoms with E-state index >= 15 is 0 Å². The molecule has 0 saturated heterocycles. The Bertz CT molecular complexity index is 599. The second-order valence-electron chi connectivity index (χ2n) is 9.55. The number of unbranched alkanes of at least 4 members (excludes halogenated alkanes) is 19. The highest BCUT2D eigenvalue weighted by Crippen LogP contribution is 2.23. The summed E-state index contributed by atoms with van der Waals surface area (Å²) >= 11 is 0. The van der Waals surface area contributed by atoms with Crippen LogP contribution < -0.4 is 0 Å². The summed E-state index contributed by atoms with van der Waals surface area (Å²) in [5.74, 6) is -0.855. The molecule has 0 heterocycles. The minimum atomic E-state index is -0.537. The number of ether oxygens (including phenoxy) is 1. The first-order chi connectivity index (χ1) is 16.1. The van der Waals surface area contributed by atoms with Crippen molar-refractivity contribution in [3.05, 3.63) is 23.8 Å². The number of aromatic hydroxyl groups is 2. The molecule has 0 aromatic heterocycles. The normalized spacial score (nSPS) is 11.1. The second-order valence-corrected chi connectivity index (χ2v) is 9.55. The number of carbonyl (C=O) groups is 1. The van der Waals surface area contributed by atoms with Crippen molar-refractivity contribution in [2.45, 2.75) is 135 Å². The molecule has 0 amide bonds. The van der Waals surface area contributed by atoms with Gasteiger partial charge in [-0.15, -0.1) is 0 Å². The first-order valence-electron chi connectivity index (χ1n) is 13.8. The third-order valence-electron chi connectivity index (χ3n) is 6.43. The minimum Gasteiger partial charge on any atom is -0.508 e. The van der Waals surface area contributed by atoms with Gasteiger partial charge in [0.05, 0.1) is 6.61 Å². The Kier molecular flexibility index (Phi) is 18.5. The Labute approximate surface area is 203 Å². The Balaban J connectivity index is 1.77. The number of hydrogen-bond donors (Lipinski definition) is 2. The molecule has 0 atom stereocenters. The number of rotatable bonds is 22. The third-order valence-corrected chi connectivity index (χ3v) is 6.43. The fourth-order valence-electron chi connectivity index (χ4n) is 4.29. The molecule has 0 fully saturated rings. The lowest BCUT2D eigenvalue weighted by molar-refractivity contribution is 0.0494.